The number of nitrogens with zero attached hydrogens (tertiary/aromatic N) is 1. The fraction of sp³-hybridized carbons (Fsp3) is 0.240. The molecule has 0 unspecified atom stereocenters. The van der Waals surface area contributed by atoms with Gasteiger partial charge in [-0.15, -0.1) is 0 Å². The second-order valence-electron chi connectivity index (χ2n) is 8.26. The van der Waals surface area contributed by atoms with Crippen LogP contribution in [0.15, 0.2) is 72.8 Å². The maximum Gasteiger partial charge on any atom is 0.223 e. The maximum atomic E-state index is 12.5. The molecule has 0 aliphatic carbocycles. The van der Waals surface area contributed by atoms with Gasteiger partial charge < -0.3 is 10.2 Å². The van der Waals surface area contributed by atoms with Gasteiger partial charge in [-0.3, -0.25) is 4.79 Å². The predicted octanol–water partition coefficient (Wildman–Crippen LogP) is 4.87. The second-order valence-corrected chi connectivity index (χ2v) is 8.26. The van der Waals surface area contributed by atoms with Gasteiger partial charge in [-0.2, -0.15) is 0 Å². The number of rotatable bonds is 2. The van der Waals surface area contributed by atoms with Crippen LogP contribution in [0.2, 0.25) is 0 Å². The van der Waals surface area contributed by atoms with Gasteiger partial charge in [0.2, 0.25) is 5.91 Å². The van der Waals surface area contributed by atoms with E-state index < -0.39 is 5.66 Å². The summed E-state index contributed by atoms with van der Waals surface area (Å²) in [5.41, 5.74) is 2.85. The van der Waals surface area contributed by atoms with E-state index in [1.807, 2.05) is 0 Å². The van der Waals surface area contributed by atoms with Crippen molar-refractivity contribution in [3.8, 4) is 0 Å². The second kappa shape index (κ2) is 5.96. The average Bonchev–Trinajstić information content (AvgIpc) is 2.90. The van der Waals surface area contributed by atoms with Crippen LogP contribution >= 0.6 is 0 Å². The fourth-order valence-corrected chi connectivity index (χ4v) is 4.93. The zero-order valence-corrected chi connectivity index (χ0v) is 16.3. The molecule has 1 atom stereocenters. The molecule has 3 nitrogen and oxygen atoms in total. The van der Waals surface area contributed by atoms with Gasteiger partial charge in [-0.25, -0.2) is 0 Å². The molecule has 3 heteroatoms. The van der Waals surface area contributed by atoms with Crippen LogP contribution < -0.4 is 10.2 Å². The largest absolute Gasteiger partial charge is 0.344 e. The van der Waals surface area contributed by atoms with Crippen molar-refractivity contribution in [2.75, 3.05) is 11.4 Å². The van der Waals surface area contributed by atoms with E-state index in [4.69, 9.17) is 0 Å². The Balaban J connectivity index is 1.67. The Kier molecular flexibility index (Phi) is 3.63. The van der Waals surface area contributed by atoms with Crippen molar-refractivity contribution in [3.63, 3.8) is 0 Å². The first kappa shape index (κ1) is 17.1. The van der Waals surface area contributed by atoms with Gasteiger partial charge in [-0.1, -0.05) is 80.6 Å². The molecule has 1 saturated heterocycles. The molecule has 3 aromatic rings. The molecule has 5 rings (SSSR count). The van der Waals surface area contributed by atoms with E-state index in [1.54, 1.807) is 0 Å². The standard InChI is InChI=1S/C25H24N2O/c1-24(2)21-12-5-6-13-22(21)27-17-15-23(28)26-25(24,27)16-14-19-10-7-9-18-8-3-4-11-20(18)19/h3-14,16H,15,17H2,1-2H3,(H,26,28)/t25-/m1/s1. The lowest BCUT2D eigenvalue weighted by Crippen LogP contribution is -2.68. The number of para-hydroxylation sites is 1. The lowest BCUT2D eigenvalue weighted by atomic mass is 9.74. The molecular formula is C25H24N2O. The summed E-state index contributed by atoms with van der Waals surface area (Å²) >= 11 is 0. The minimum Gasteiger partial charge on any atom is -0.344 e. The van der Waals surface area contributed by atoms with Crippen molar-refractivity contribution < 1.29 is 4.79 Å². The number of hydrogen-bond acceptors (Lipinski definition) is 2. The van der Waals surface area contributed by atoms with Crippen molar-refractivity contribution in [3.05, 3.63) is 83.9 Å². The fourth-order valence-electron chi connectivity index (χ4n) is 4.93. The number of benzene rings is 3. The number of amides is 1. The van der Waals surface area contributed by atoms with Gasteiger partial charge in [-0.05, 0) is 34.0 Å². The third-order valence-electron chi connectivity index (χ3n) is 6.47. The molecule has 0 aromatic heterocycles. The quantitative estimate of drug-likeness (QED) is 0.700. The number of nitrogens with one attached hydrogen (secondary N) is 1. The normalized spacial score (nSPS) is 22.9. The molecular weight excluding hydrogens is 344 g/mol. The van der Waals surface area contributed by atoms with Gasteiger partial charge in [0.05, 0.1) is 0 Å². The molecule has 1 amide bonds. The van der Waals surface area contributed by atoms with Gasteiger partial charge in [0, 0.05) is 24.1 Å². The molecule has 0 saturated carbocycles. The van der Waals surface area contributed by atoms with E-state index in [1.165, 1.54) is 27.6 Å². The van der Waals surface area contributed by atoms with Gasteiger partial charge in [0.25, 0.3) is 0 Å². The van der Waals surface area contributed by atoms with Gasteiger partial charge in [0.15, 0.2) is 0 Å². The number of hydrogen-bond donors (Lipinski definition) is 1. The summed E-state index contributed by atoms with van der Waals surface area (Å²) in [6.07, 6.45) is 4.90. The Hall–Kier alpha value is -3.07. The molecule has 1 fully saturated rings. The Morgan fingerprint density at radius 1 is 0.964 bits per heavy atom. The van der Waals surface area contributed by atoms with Crippen LogP contribution in [0.5, 0.6) is 0 Å². The Morgan fingerprint density at radius 2 is 1.71 bits per heavy atom. The lowest BCUT2D eigenvalue weighted by molar-refractivity contribution is -0.124. The van der Waals surface area contributed by atoms with Crippen molar-refractivity contribution in [1.82, 2.24) is 5.32 Å². The summed E-state index contributed by atoms with van der Waals surface area (Å²) < 4.78 is 0. The highest BCUT2D eigenvalue weighted by atomic mass is 16.2. The molecule has 2 aliphatic heterocycles. The predicted molar refractivity (Wildman–Crippen MR) is 115 cm³/mol. The third kappa shape index (κ3) is 2.26. The first-order chi connectivity index (χ1) is 13.5. The molecule has 2 aliphatic rings. The number of anilines is 1. The topological polar surface area (TPSA) is 32.3 Å². The Bertz CT molecular complexity index is 1110. The summed E-state index contributed by atoms with van der Waals surface area (Å²) in [5, 5.41) is 5.79. The lowest BCUT2D eigenvalue weighted by Gasteiger charge is -2.49. The molecule has 0 spiro atoms. The van der Waals surface area contributed by atoms with E-state index in [0.717, 1.165) is 6.54 Å². The van der Waals surface area contributed by atoms with Crippen LogP contribution in [0.4, 0.5) is 5.69 Å². The zero-order valence-electron chi connectivity index (χ0n) is 16.3. The van der Waals surface area contributed by atoms with Crippen molar-refractivity contribution in [1.29, 1.82) is 0 Å². The van der Waals surface area contributed by atoms with Crippen LogP contribution in [0.1, 0.15) is 31.4 Å². The summed E-state index contributed by atoms with van der Waals surface area (Å²) in [6.45, 7) is 5.18. The highest BCUT2D eigenvalue weighted by Gasteiger charge is 2.57. The van der Waals surface area contributed by atoms with Crippen molar-refractivity contribution >= 4 is 28.4 Å². The maximum absolute atomic E-state index is 12.5. The summed E-state index contributed by atoms with van der Waals surface area (Å²) in [5.74, 6) is 0.111. The van der Waals surface area contributed by atoms with Crippen LogP contribution in [0.3, 0.4) is 0 Å². The zero-order chi connectivity index (χ0) is 19.4. The van der Waals surface area contributed by atoms with Crippen LogP contribution in [0.25, 0.3) is 16.8 Å². The smallest absolute Gasteiger partial charge is 0.223 e. The number of carbonyl (C=O) groups is 1. The molecule has 3 aromatic carbocycles. The molecule has 0 bridgehead atoms. The van der Waals surface area contributed by atoms with E-state index in [2.05, 4.69) is 103 Å². The third-order valence-corrected chi connectivity index (χ3v) is 6.47. The molecule has 0 radical (unpaired) electrons. The minimum atomic E-state index is -0.567. The van der Waals surface area contributed by atoms with Crippen LogP contribution in [-0.2, 0) is 10.2 Å². The van der Waals surface area contributed by atoms with E-state index >= 15 is 0 Å². The summed E-state index contributed by atoms with van der Waals surface area (Å²) in [6, 6.07) is 23.3. The SMILES string of the molecule is CC1(C)c2ccccc2N2CCC(=O)N[C@]21C=Cc1cccc2ccccc12. The Labute approximate surface area is 165 Å². The first-order valence-electron chi connectivity index (χ1n) is 9.88. The van der Waals surface area contributed by atoms with Gasteiger partial charge >= 0.3 is 0 Å². The Morgan fingerprint density at radius 3 is 2.61 bits per heavy atom. The molecule has 28 heavy (non-hydrogen) atoms. The number of carbonyl (C=O) groups excluding carboxylic acids is 1. The minimum absolute atomic E-state index is 0.111. The van der Waals surface area contributed by atoms with Crippen molar-refractivity contribution in [2.24, 2.45) is 0 Å². The van der Waals surface area contributed by atoms with E-state index in [-0.39, 0.29) is 11.3 Å². The highest BCUT2D eigenvalue weighted by molar-refractivity contribution is 5.91. The molecule has 140 valence electrons. The average molecular weight is 368 g/mol. The summed E-state index contributed by atoms with van der Waals surface area (Å²) in [4.78, 5) is 14.9. The van der Waals surface area contributed by atoms with Crippen LogP contribution in [0, 0.1) is 0 Å². The van der Waals surface area contributed by atoms with E-state index in [0.29, 0.717) is 6.42 Å². The molecule has 2 heterocycles. The monoisotopic (exact) mass is 368 g/mol. The summed E-state index contributed by atoms with van der Waals surface area (Å²) in [7, 11) is 0. The first-order valence-corrected chi connectivity index (χ1v) is 9.88. The van der Waals surface area contributed by atoms with E-state index in [9.17, 15) is 4.79 Å². The molecule has 1 N–H and O–H groups in total. The van der Waals surface area contributed by atoms with Crippen LogP contribution in [-0.4, -0.2) is 18.1 Å². The number of fused-ring (bicyclic) bond motifs is 4. The van der Waals surface area contributed by atoms with Gasteiger partial charge in [0.1, 0.15) is 5.66 Å². The highest BCUT2D eigenvalue weighted by Crippen LogP contribution is 2.52. The van der Waals surface area contributed by atoms with Crippen molar-refractivity contribution in [2.45, 2.75) is 31.3 Å².